The fraction of sp³-hybridized carbons (Fsp3) is 0.429. The quantitative estimate of drug-likeness (QED) is 0.827. The Labute approximate surface area is 117 Å². The summed E-state index contributed by atoms with van der Waals surface area (Å²) in [6.07, 6.45) is 0. The van der Waals surface area contributed by atoms with Gasteiger partial charge in [-0.1, -0.05) is 0 Å². The zero-order chi connectivity index (χ0) is 14.8. The SMILES string of the molecule is COc1ccc(OCCN2C(=O)NC(C)(C)C2=O)cc1. The van der Waals surface area contributed by atoms with Crippen molar-refractivity contribution < 1.29 is 19.1 Å². The van der Waals surface area contributed by atoms with Crippen molar-refractivity contribution in [1.29, 1.82) is 0 Å². The molecule has 6 nitrogen and oxygen atoms in total. The number of methoxy groups -OCH3 is 1. The minimum absolute atomic E-state index is 0.222. The van der Waals surface area contributed by atoms with Crippen LogP contribution in [0.2, 0.25) is 0 Å². The number of rotatable bonds is 5. The number of urea groups is 1. The lowest BCUT2D eigenvalue weighted by molar-refractivity contribution is -0.130. The lowest BCUT2D eigenvalue weighted by Crippen LogP contribution is -2.40. The molecule has 0 radical (unpaired) electrons. The van der Waals surface area contributed by atoms with Gasteiger partial charge < -0.3 is 14.8 Å². The summed E-state index contributed by atoms with van der Waals surface area (Å²) in [4.78, 5) is 24.8. The lowest BCUT2D eigenvalue weighted by Gasteiger charge is -2.16. The highest BCUT2D eigenvalue weighted by atomic mass is 16.5. The van der Waals surface area contributed by atoms with Crippen molar-refractivity contribution in [2.45, 2.75) is 19.4 Å². The van der Waals surface area contributed by atoms with E-state index in [1.807, 2.05) is 0 Å². The molecule has 1 saturated heterocycles. The van der Waals surface area contributed by atoms with Crippen molar-refractivity contribution in [3.63, 3.8) is 0 Å². The van der Waals surface area contributed by atoms with E-state index in [9.17, 15) is 9.59 Å². The molecule has 0 aromatic heterocycles. The minimum atomic E-state index is -0.836. The monoisotopic (exact) mass is 278 g/mol. The second-order valence-electron chi connectivity index (χ2n) is 5.04. The molecule has 0 atom stereocenters. The largest absolute Gasteiger partial charge is 0.497 e. The molecule has 1 aromatic rings. The summed E-state index contributed by atoms with van der Waals surface area (Å²) < 4.78 is 10.5. The number of benzene rings is 1. The third-order valence-electron chi connectivity index (χ3n) is 3.09. The first-order valence-electron chi connectivity index (χ1n) is 6.35. The number of hydrogen-bond acceptors (Lipinski definition) is 4. The van der Waals surface area contributed by atoms with Crippen LogP contribution in [0.4, 0.5) is 4.79 Å². The average molecular weight is 278 g/mol. The molecule has 0 spiro atoms. The molecule has 2 rings (SSSR count). The maximum Gasteiger partial charge on any atom is 0.325 e. The van der Waals surface area contributed by atoms with Crippen LogP contribution in [0.5, 0.6) is 11.5 Å². The van der Waals surface area contributed by atoms with Crippen LogP contribution < -0.4 is 14.8 Å². The van der Waals surface area contributed by atoms with Crippen LogP contribution in [0.3, 0.4) is 0 Å². The normalized spacial score (nSPS) is 17.1. The molecule has 1 N–H and O–H groups in total. The maximum atomic E-state index is 11.9. The van der Waals surface area contributed by atoms with Gasteiger partial charge in [-0.3, -0.25) is 9.69 Å². The summed E-state index contributed by atoms with van der Waals surface area (Å²) in [5.41, 5.74) is -0.836. The first kappa shape index (κ1) is 14.2. The van der Waals surface area contributed by atoms with Gasteiger partial charge in [-0.15, -0.1) is 0 Å². The lowest BCUT2D eigenvalue weighted by atomic mass is 10.1. The van der Waals surface area contributed by atoms with Crippen molar-refractivity contribution in [2.75, 3.05) is 20.3 Å². The molecule has 3 amide bonds. The smallest absolute Gasteiger partial charge is 0.325 e. The Morgan fingerprint density at radius 1 is 1.15 bits per heavy atom. The Morgan fingerprint density at radius 2 is 1.75 bits per heavy atom. The maximum absolute atomic E-state index is 11.9. The molecule has 1 aliphatic rings. The van der Waals surface area contributed by atoms with Crippen LogP contribution in [-0.2, 0) is 4.79 Å². The van der Waals surface area contributed by atoms with E-state index in [0.29, 0.717) is 5.75 Å². The van der Waals surface area contributed by atoms with Crippen molar-refractivity contribution in [3.05, 3.63) is 24.3 Å². The van der Waals surface area contributed by atoms with Crippen LogP contribution >= 0.6 is 0 Å². The number of carbonyl (C=O) groups excluding carboxylic acids is 2. The molecule has 0 saturated carbocycles. The third-order valence-corrected chi connectivity index (χ3v) is 3.09. The number of hydrogen-bond donors (Lipinski definition) is 1. The molecule has 0 aliphatic carbocycles. The fourth-order valence-electron chi connectivity index (χ4n) is 1.95. The Bertz CT molecular complexity index is 510. The predicted octanol–water partition coefficient (Wildman–Crippen LogP) is 1.40. The number of nitrogens with zero attached hydrogens (tertiary/aromatic N) is 1. The summed E-state index contributed by atoms with van der Waals surface area (Å²) >= 11 is 0. The molecular weight excluding hydrogens is 260 g/mol. The first-order chi connectivity index (χ1) is 9.44. The fourth-order valence-corrected chi connectivity index (χ4v) is 1.95. The van der Waals surface area contributed by atoms with Crippen LogP contribution in [-0.4, -0.2) is 42.6 Å². The molecule has 6 heteroatoms. The minimum Gasteiger partial charge on any atom is -0.497 e. The van der Waals surface area contributed by atoms with Gasteiger partial charge in [0.2, 0.25) is 0 Å². The highest BCUT2D eigenvalue weighted by Gasteiger charge is 2.43. The van der Waals surface area contributed by atoms with Gasteiger partial charge in [-0.05, 0) is 38.1 Å². The van der Waals surface area contributed by atoms with Gasteiger partial charge in [0, 0.05) is 0 Å². The zero-order valence-corrected chi connectivity index (χ0v) is 11.8. The van der Waals surface area contributed by atoms with E-state index in [1.54, 1.807) is 45.2 Å². The summed E-state index contributed by atoms with van der Waals surface area (Å²) in [6, 6.07) is 6.74. The van der Waals surface area contributed by atoms with E-state index in [4.69, 9.17) is 9.47 Å². The molecule has 0 bridgehead atoms. The van der Waals surface area contributed by atoms with Crippen LogP contribution in [0.25, 0.3) is 0 Å². The van der Waals surface area contributed by atoms with E-state index in [1.165, 1.54) is 4.90 Å². The molecule has 0 unspecified atom stereocenters. The Morgan fingerprint density at radius 3 is 2.25 bits per heavy atom. The van der Waals surface area contributed by atoms with Crippen LogP contribution in [0.15, 0.2) is 24.3 Å². The van der Waals surface area contributed by atoms with Gasteiger partial charge in [-0.25, -0.2) is 4.79 Å². The number of ether oxygens (including phenoxy) is 2. The molecule has 1 aromatic carbocycles. The standard InChI is InChI=1S/C14H18N2O4/c1-14(2)12(17)16(13(18)15-14)8-9-20-11-6-4-10(19-3)5-7-11/h4-7H,8-9H2,1-3H3,(H,15,18). The number of amides is 3. The third kappa shape index (κ3) is 2.84. The van der Waals surface area contributed by atoms with Crippen LogP contribution in [0, 0.1) is 0 Å². The Hall–Kier alpha value is -2.24. The van der Waals surface area contributed by atoms with Gasteiger partial charge >= 0.3 is 6.03 Å². The second kappa shape index (κ2) is 5.40. The second-order valence-corrected chi connectivity index (χ2v) is 5.04. The number of imide groups is 1. The first-order valence-corrected chi connectivity index (χ1v) is 6.35. The molecule has 20 heavy (non-hydrogen) atoms. The summed E-state index contributed by atoms with van der Waals surface area (Å²) in [5.74, 6) is 1.17. The van der Waals surface area contributed by atoms with Gasteiger partial charge in [0.25, 0.3) is 5.91 Å². The summed E-state index contributed by atoms with van der Waals surface area (Å²) in [6.45, 7) is 3.83. The molecule has 108 valence electrons. The Balaban J connectivity index is 1.86. The summed E-state index contributed by atoms with van der Waals surface area (Å²) in [5, 5.41) is 2.62. The van der Waals surface area contributed by atoms with Gasteiger partial charge in [0.05, 0.1) is 13.7 Å². The van der Waals surface area contributed by atoms with E-state index in [0.717, 1.165) is 5.75 Å². The van der Waals surface area contributed by atoms with E-state index in [2.05, 4.69) is 5.32 Å². The van der Waals surface area contributed by atoms with Gasteiger partial charge in [0.1, 0.15) is 23.6 Å². The zero-order valence-electron chi connectivity index (χ0n) is 11.8. The van der Waals surface area contributed by atoms with E-state index >= 15 is 0 Å². The number of nitrogens with one attached hydrogen (secondary N) is 1. The molecule has 1 fully saturated rings. The van der Waals surface area contributed by atoms with Crippen molar-refractivity contribution in [1.82, 2.24) is 10.2 Å². The van der Waals surface area contributed by atoms with Gasteiger partial charge in [0.15, 0.2) is 0 Å². The Kier molecular flexibility index (Phi) is 3.83. The highest BCUT2D eigenvalue weighted by molar-refractivity contribution is 6.06. The number of carbonyl (C=O) groups is 2. The predicted molar refractivity (Wildman–Crippen MR) is 72.8 cm³/mol. The van der Waals surface area contributed by atoms with Crippen LogP contribution in [0.1, 0.15) is 13.8 Å². The average Bonchev–Trinajstić information content (AvgIpc) is 2.61. The highest BCUT2D eigenvalue weighted by Crippen LogP contribution is 2.18. The van der Waals surface area contributed by atoms with E-state index < -0.39 is 5.54 Å². The summed E-state index contributed by atoms with van der Waals surface area (Å²) in [7, 11) is 1.59. The molecule has 1 aliphatic heterocycles. The molecule has 1 heterocycles. The van der Waals surface area contributed by atoms with Gasteiger partial charge in [-0.2, -0.15) is 0 Å². The van der Waals surface area contributed by atoms with Crippen molar-refractivity contribution in [2.24, 2.45) is 0 Å². The van der Waals surface area contributed by atoms with E-state index in [-0.39, 0.29) is 25.1 Å². The molecular formula is C14H18N2O4. The topological polar surface area (TPSA) is 67.9 Å². The van der Waals surface area contributed by atoms with Crippen molar-refractivity contribution >= 4 is 11.9 Å². The van der Waals surface area contributed by atoms with Crippen molar-refractivity contribution in [3.8, 4) is 11.5 Å².